The molecule has 1 aromatic carbocycles. The number of rotatable bonds is 1. The Morgan fingerprint density at radius 1 is 1.25 bits per heavy atom. The molecule has 3 nitrogen and oxygen atoms in total. The third-order valence-electron chi connectivity index (χ3n) is 3.12. The molecule has 0 atom stereocenters. The van der Waals surface area contributed by atoms with Crippen molar-refractivity contribution < 1.29 is 0 Å². The van der Waals surface area contributed by atoms with Gasteiger partial charge in [-0.1, -0.05) is 23.2 Å². The average molecular weight is 371 g/mol. The first-order valence-corrected chi connectivity index (χ1v) is 7.41. The first-order chi connectivity index (χ1) is 9.47. The molecule has 0 saturated carbocycles. The van der Waals surface area contributed by atoms with Crippen LogP contribution in [0.15, 0.2) is 34.9 Å². The molecule has 0 aliphatic heterocycles. The lowest BCUT2D eigenvalue weighted by molar-refractivity contribution is 1.16. The summed E-state index contributed by atoms with van der Waals surface area (Å²) in [5.41, 5.74) is 9.41. The molecule has 0 aliphatic rings. The number of hydrogen-bond acceptors (Lipinski definition) is 2. The number of fused-ring (bicyclic) bond motifs is 1. The third kappa shape index (κ3) is 2.18. The minimum absolute atomic E-state index is 0.532. The summed E-state index contributed by atoms with van der Waals surface area (Å²) >= 11 is 15.7. The van der Waals surface area contributed by atoms with Gasteiger partial charge in [0, 0.05) is 21.3 Å². The molecule has 0 bridgehead atoms. The summed E-state index contributed by atoms with van der Waals surface area (Å²) in [6.07, 6.45) is 1.90. The smallest absolute Gasteiger partial charge is 0.139 e. The standard InChI is InChI=1S/C14H10BrCl2N3/c1-7-4-12-19-13(14(18)20(12)6-10(7)15)9-5-8(16)2-3-11(9)17/h2-6H,18H2,1H3. The Labute approximate surface area is 134 Å². The Balaban J connectivity index is 2.32. The predicted molar refractivity (Wildman–Crippen MR) is 87.5 cm³/mol. The van der Waals surface area contributed by atoms with Crippen LogP contribution in [0.5, 0.6) is 0 Å². The number of benzene rings is 1. The number of halogens is 3. The van der Waals surface area contributed by atoms with E-state index in [-0.39, 0.29) is 0 Å². The van der Waals surface area contributed by atoms with Crippen LogP contribution in [0.4, 0.5) is 5.82 Å². The first kappa shape index (κ1) is 13.7. The van der Waals surface area contributed by atoms with Gasteiger partial charge in [-0.3, -0.25) is 4.40 Å². The molecule has 0 aliphatic carbocycles. The molecule has 0 saturated heterocycles. The molecule has 6 heteroatoms. The van der Waals surface area contributed by atoms with E-state index in [1.54, 1.807) is 18.2 Å². The summed E-state index contributed by atoms with van der Waals surface area (Å²) in [5.74, 6) is 0.532. The second kappa shape index (κ2) is 4.95. The van der Waals surface area contributed by atoms with Gasteiger partial charge in [0.2, 0.25) is 0 Å². The zero-order chi connectivity index (χ0) is 14.4. The van der Waals surface area contributed by atoms with Crippen molar-refractivity contribution in [1.82, 2.24) is 9.38 Å². The van der Waals surface area contributed by atoms with E-state index in [1.165, 1.54) is 0 Å². The van der Waals surface area contributed by atoms with Gasteiger partial charge >= 0.3 is 0 Å². The Bertz CT molecular complexity index is 827. The predicted octanol–water partition coefficient (Wildman–Crippen LogP) is 4.96. The van der Waals surface area contributed by atoms with Crippen LogP contribution in [0.2, 0.25) is 10.0 Å². The number of aromatic nitrogens is 2. The second-order valence-electron chi connectivity index (χ2n) is 4.50. The number of aryl methyl sites for hydroxylation is 1. The van der Waals surface area contributed by atoms with Crippen LogP contribution >= 0.6 is 39.1 Å². The topological polar surface area (TPSA) is 43.3 Å². The molecular formula is C14H10BrCl2N3. The van der Waals surface area contributed by atoms with Crippen LogP contribution in [0.3, 0.4) is 0 Å². The summed E-state index contributed by atoms with van der Waals surface area (Å²) in [5, 5.41) is 1.17. The van der Waals surface area contributed by atoms with Crippen molar-refractivity contribution in [2.45, 2.75) is 6.92 Å². The van der Waals surface area contributed by atoms with E-state index in [4.69, 9.17) is 28.9 Å². The quantitative estimate of drug-likeness (QED) is 0.657. The zero-order valence-corrected chi connectivity index (χ0v) is 13.6. The van der Waals surface area contributed by atoms with Gasteiger partial charge in [-0.25, -0.2) is 4.98 Å². The molecule has 20 heavy (non-hydrogen) atoms. The molecular weight excluding hydrogens is 361 g/mol. The number of imidazole rings is 1. The second-order valence-corrected chi connectivity index (χ2v) is 6.20. The molecule has 2 N–H and O–H groups in total. The van der Waals surface area contributed by atoms with Crippen LogP contribution in [0.25, 0.3) is 16.9 Å². The van der Waals surface area contributed by atoms with Gasteiger partial charge in [-0.2, -0.15) is 0 Å². The minimum atomic E-state index is 0.532. The fourth-order valence-corrected chi connectivity index (χ4v) is 2.75. The van der Waals surface area contributed by atoms with Crippen LogP contribution in [-0.4, -0.2) is 9.38 Å². The van der Waals surface area contributed by atoms with E-state index in [9.17, 15) is 0 Å². The summed E-state index contributed by atoms with van der Waals surface area (Å²) in [6, 6.07) is 7.20. The monoisotopic (exact) mass is 369 g/mol. The first-order valence-electron chi connectivity index (χ1n) is 5.86. The number of hydrogen-bond donors (Lipinski definition) is 1. The lowest BCUT2D eigenvalue weighted by Crippen LogP contribution is -1.95. The van der Waals surface area contributed by atoms with Gasteiger partial charge in [-0.05, 0) is 52.7 Å². The van der Waals surface area contributed by atoms with Crippen molar-refractivity contribution in [2.75, 3.05) is 5.73 Å². The fourth-order valence-electron chi connectivity index (χ4n) is 2.06. The fraction of sp³-hybridized carbons (Fsp3) is 0.0714. The lowest BCUT2D eigenvalue weighted by atomic mass is 10.1. The Morgan fingerprint density at radius 2 is 2.00 bits per heavy atom. The largest absolute Gasteiger partial charge is 0.383 e. The lowest BCUT2D eigenvalue weighted by Gasteiger charge is -2.03. The maximum absolute atomic E-state index is 6.22. The summed E-state index contributed by atoms with van der Waals surface area (Å²) in [7, 11) is 0. The Hall–Kier alpha value is -1.23. The van der Waals surface area contributed by atoms with Gasteiger partial charge in [0.05, 0.1) is 5.02 Å². The van der Waals surface area contributed by atoms with E-state index in [2.05, 4.69) is 20.9 Å². The van der Waals surface area contributed by atoms with Crippen molar-refractivity contribution in [1.29, 1.82) is 0 Å². The van der Waals surface area contributed by atoms with E-state index in [0.717, 1.165) is 21.2 Å². The number of nitrogens with zero attached hydrogens (tertiary/aromatic N) is 2. The highest BCUT2D eigenvalue weighted by molar-refractivity contribution is 9.10. The summed E-state index contributed by atoms with van der Waals surface area (Å²) in [6.45, 7) is 2.00. The third-order valence-corrected chi connectivity index (χ3v) is 4.52. The highest BCUT2D eigenvalue weighted by Gasteiger charge is 2.15. The highest BCUT2D eigenvalue weighted by Crippen LogP contribution is 2.34. The van der Waals surface area contributed by atoms with E-state index in [0.29, 0.717) is 21.6 Å². The molecule has 3 rings (SSSR count). The molecule has 102 valence electrons. The zero-order valence-electron chi connectivity index (χ0n) is 10.5. The van der Waals surface area contributed by atoms with Gasteiger partial charge < -0.3 is 5.73 Å². The van der Waals surface area contributed by atoms with E-state index < -0.39 is 0 Å². The van der Waals surface area contributed by atoms with Crippen LogP contribution < -0.4 is 5.73 Å². The Morgan fingerprint density at radius 3 is 2.75 bits per heavy atom. The van der Waals surface area contributed by atoms with E-state index in [1.807, 2.05) is 23.6 Å². The summed E-state index contributed by atoms with van der Waals surface area (Å²) < 4.78 is 2.79. The van der Waals surface area contributed by atoms with E-state index >= 15 is 0 Å². The maximum atomic E-state index is 6.22. The van der Waals surface area contributed by atoms with Gasteiger partial charge in [-0.15, -0.1) is 0 Å². The average Bonchev–Trinajstić information content (AvgIpc) is 2.70. The minimum Gasteiger partial charge on any atom is -0.383 e. The van der Waals surface area contributed by atoms with Crippen molar-refractivity contribution in [3.8, 4) is 11.3 Å². The molecule has 0 fully saturated rings. The van der Waals surface area contributed by atoms with Gasteiger partial charge in [0.15, 0.2) is 0 Å². The molecule has 2 heterocycles. The molecule has 3 aromatic rings. The SMILES string of the molecule is Cc1cc2nc(-c3cc(Cl)ccc3Cl)c(N)n2cc1Br. The highest BCUT2D eigenvalue weighted by atomic mass is 79.9. The summed E-state index contributed by atoms with van der Waals surface area (Å²) in [4.78, 5) is 4.56. The van der Waals surface area contributed by atoms with Crippen molar-refractivity contribution in [3.63, 3.8) is 0 Å². The normalized spacial score (nSPS) is 11.2. The molecule has 0 amide bonds. The molecule has 0 spiro atoms. The van der Waals surface area contributed by atoms with Gasteiger partial charge in [0.1, 0.15) is 17.2 Å². The number of pyridine rings is 1. The van der Waals surface area contributed by atoms with Gasteiger partial charge in [0.25, 0.3) is 0 Å². The number of nitrogens with two attached hydrogens (primary N) is 1. The number of anilines is 1. The van der Waals surface area contributed by atoms with Crippen molar-refractivity contribution in [3.05, 3.63) is 50.5 Å². The molecule has 2 aromatic heterocycles. The Kier molecular flexibility index (Phi) is 3.40. The van der Waals surface area contributed by atoms with Crippen LogP contribution in [0.1, 0.15) is 5.56 Å². The van der Waals surface area contributed by atoms with Crippen molar-refractivity contribution >= 4 is 50.6 Å². The van der Waals surface area contributed by atoms with Crippen LogP contribution in [0, 0.1) is 6.92 Å². The van der Waals surface area contributed by atoms with Crippen LogP contribution in [-0.2, 0) is 0 Å². The maximum Gasteiger partial charge on any atom is 0.139 e. The molecule has 0 radical (unpaired) electrons. The number of nitrogen functional groups attached to an aromatic ring is 1. The molecule has 0 unspecified atom stereocenters. The van der Waals surface area contributed by atoms with Crippen molar-refractivity contribution in [2.24, 2.45) is 0 Å².